The molecule has 1 aromatic rings. The van der Waals surface area contributed by atoms with Crippen molar-refractivity contribution in [2.75, 3.05) is 12.8 Å². The van der Waals surface area contributed by atoms with Crippen LogP contribution in [-0.2, 0) is 0 Å². The van der Waals surface area contributed by atoms with Crippen LogP contribution in [0.4, 0.5) is 5.69 Å². The van der Waals surface area contributed by atoms with Gasteiger partial charge in [0, 0.05) is 28.8 Å². The summed E-state index contributed by atoms with van der Waals surface area (Å²) in [5, 5.41) is 0. The Bertz CT molecular complexity index is 372. The summed E-state index contributed by atoms with van der Waals surface area (Å²) in [6.45, 7) is 4.09. The van der Waals surface area contributed by atoms with E-state index in [-0.39, 0.29) is 11.9 Å². The molecular formula is C12H17BrN2O. The van der Waals surface area contributed by atoms with E-state index < -0.39 is 0 Å². The van der Waals surface area contributed by atoms with Gasteiger partial charge in [-0.05, 0) is 31.5 Å². The molecule has 0 aliphatic heterocycles. The van der Waals surface area contributed by atoms with E-state index in [0.29, 0.717) is 11.3 Å². The largest absolute Gasteiger partial charge is 0.399 e. The maximum absolute atomic E-state index is 12.1. The fraction of sp³-hybridized carbons (Fsp3) is 0.417. The zero-order valence-electron chi connectivity index (χ0n) is 9.83. The molecule has 0 heterocycles. The highest BCUT2D eigenvalue weighted by Gasteiger charge is 2.16. The minimum absolute atomic E-state index is 0.00218. The number of hydrogen-bond donors (Lipinski definition) is 1. The number of amides is 1. The molecule has 1 rings (SSSR count). The first-order chi connectivity index (χ1) is 7.45. The lowest BCUT2D eigenvalue weighted by Gasteiger charge is -2.24. The molecule has 0 fully saturated rings. The van der Waals surface area contributed by atoms with Crippen LogP contribution in [0, 0.1) is 0 Å². The number of nitrogens with zero attached hydrogens (tertiary/aromatic N) is 1. The second kappa shape index (κ2) is 5.34. The molecule has 88 valence electrons. The Morgan fingerprint density at radius 1 is 1.50 bits per heavy atom. The predicted octanol–water partition coefficient (Wildman–Crippen LogP) is 2.90. The lowest BCUT2D eigenvalue weighted by molar-refractivity contribution is 0.0740. The van der Waals surface area contributed by atoms with E-state index in [2.05, 4.69) is 22.9 Å². The van der Waals surface area contributed by atoms with Gasteiger partial charge in [0.25, 0.3) is 5.91 Å². The summed E-state index contributed by atoms with van der Waals surface area (Å²) in [6.07, 6.45) is 0.936. The van der Waals surface area contributed by atoms with Crippen LogP contribution in [0.2, 0.25) is 0 Å². The molecule has 1 aromatic carbocycles. The van der Waals surface area contributed by atoms with Gasteiger partial charge in [-0.3, -0.25) is 4.79 Å². The molecule has 0 aliphatic carbocycles. The molecule has 0 radical (unpaired) electrons. The van der Waals surface area contributed by atoms with Crippen LogP contribution in [0.5, 0.6) is 0 Å². The zero-order chi connectivity index (χ0) is 12.3. The summed E-state index contributed by atoms with van der Waals surface area (Å²) in [5.41, 5.74) is 6.92. The monoisotopic (exact) mass is 284 g/mol. The van der Waals surface area contributed by atoms with Crippen molar-refractivity contribution in [1.29, 1.82) is 0 Å². The minimum atomic E-state index is 0.00218. The highest BCUT2D eigenvalue weighted by molar-refractivity contribution is 9.10. The lowest BCUT2D eigenvalue weighted by atomic mass is 10.1. The number of carbonyl (C=O) groups is 1. The van der Waals surface area contributed by atoms with E-state index in [0.717, 1.165) is 10.9 Å². The van der Waals surface area contributed by atoms with Crippen molar-refractivity contribution >= 4 is 27.5 Å². The predicted molar refractivity (Wildman–Crippen MR) is 70.4 cm³/mol. The number of rotatable bonds is 3. The van der Waals surface area contributed by atoms with Gasteiger partial charge in [0.05, 0.1) is 0 Å². The van der Waals surface area contributed by atoms with Gasteiger partial charge in [0.1, 0.15) is 0 Å². The number of nitrogen functional groups attached to an aromatic ring is 1. The number of nitrogens with two attached hydrogens (primary N) is 1. The molecule has 0 saturated carbocycles. The number of halogens is 1. The molecule has 16 heavy (non-hydrogen) atoms. The molecule has 0 aromatic heterocycles. The quantitative estimate of drug-likeness (QED) is 0.868. The van der Waals surface area contributed by atoms with Crippen molar-refractivity contribution in [2.24, 2.45) is 0 Å². The number of hydrogen-bond acceptors (Lipinski definition) is 2. The van der Waals surface area contributed by atoms with Crippen LogP contribution >= 0.6 is 15.9 Å². The summed E-state index contributed by atoms with van der Waals surface area (Å²) in [6, 6.07) is 5.50. The highest BCUT2D eigenvalue weighted by Crippen LogP contribution is 2.19. The molecule has 3 nitrogen and oxygen atoms in total. The van der Waals surface area contributed by atoms with Gasteiger partial charge in [0.2, 0.25) is 0 Å². The molecular weight excluding hydrogens is 268 g/mol. The van der Waals surface area contributed by atoms with E-state index >= 15 is 0 Å². The number of carbonyl (C=O) groups excluding carboxylic acids is 1. The summed E-state index contributed by atoms with van der Waals surface area (Å²) < 4.78 is 0.827. The molecule has 4 heteroatoms. The second-order valence-corrected chi connectivity index (χ2v) is 4.86. The second-order valence-electron chi connectivity index (χ2n) is 3.95. The van der Waals surface area contributed by atoms with Gasteiger partial charge in [-0.25, -0.2) is 0 Å². The van der Waals surface area contributed by atoms with E-state index in [9.17, 15) is 4.79 Å². The summed E-state index contributed by atoms with van der Waals surface area (Å²) in [4.78, 5) is 13.8. The van der Waals surface area contributed by atoms with E-state index in [1.807, 2.05) is 14.0 Å². The number of benzene rings is 1. The average molecular weight is 285 g/mol. The molecule has 0 aliphatic rings. The minimum Gasteiger partial charge on any atom is -0.399 e. The third kappa shape index (κ3) is 2.98. The average Bonchev–Trinajstić information content (AvgIpc) is 2.24. The Hall–Kier alpha value is -1.03. The van der Waals surface area contributed by atoms with E-state index in [4.69, 9.17) is 5.73 Å². The van der Waals surface area contributed by atoms with Gasteiger partial charge in [-0.15, -0.1) is 0 Å². The van der Waals surface area contributed by atoms with E-state index in [1.165, 1.54) is 0 Å². The van der Waals surface area contributed by atoms with Gasteiger partial charge in [0.15, 0.2) is 0 Å². The van der Waals surface area contributed by atoms with Gasteiger partial charge >= 0.3 is 0 Å². The van der Waals surface area contributed by atoms with Crippen molar-refractivity contribution in [3.05, 3.63) is 28.2 Å². The smallest absolute Gasteiger partial charge is 0.253 e. The highest BCUT2D eigenvalue weighted by atomic mass is 79.9. The van der Waals surface area contributed by atoms with Crippen LogP contribution < -0.4 is 5.73 Å². The summed E-state index contributed by atoms with van der Waals surface area (Å²) in [5.74, 6) is 0.00218. The SMILES string of the molecule is CCC(C)N(C)C(=O)c1cc(N)cc(Br)c1. The maximum atomic E-state index is 12.1. The van der Waals surface area contributed by atoms with Crippen LogP contribution in [0.1, 0.15) is 30.6 Å². The Morgan fingerprint density at radius 2 is 2.12 bits per heavy atom. The Balaban J connectivity index is 2.96. The molecule has 2 N–H and O–H groups in total. The van der Waals surface area contributed by atoms with Crippen molar-refractivity contribution in [3.8, 4) is 0 Å². The Kier molecular flexibility index (Phi) is 4.35. The first-order valence-electron chi connectivity index (χ1n) is 5.29. The molecule has 0 bridgehead atoms. The standard InChI is InChI=1S/C12H17BrN2O/c1-4-8(2)15(3)12(16)9-5-10(13)7-11(14)6-9/h5-8H,4,14H2,1-3H3. The van der Waals surface area contributed by atoms with Crippen LogP contribution in [0.15, 0.2) is 22.7 Å². The van der Waals surface area contributed by atoms with Crippen LogP contribution in [-0.4, -0.2) is 23.9 Å². The number of anilines is 1. The third-order valence-electron chi connectivity index (χ3n) is 2.74. The molecule has 1 unspecified atom stereocenters. The molecule has 1 amide bonds. The first kappa shape index (κ1) is 13.0. The van der Waals surface area contributed by atoms with Crippen LogP contribution in [0.25, 0.3) is 0 Å². The van der Waals surface area contributed by atoms with Gasteiger partial charge in [-0.1, -0.05) is 22.9 Å². The normalized spacial score (nSPS) is 12.2. The maximum Gasteiger partial charge on any atom is 0.253 e. The zero-order valence-corrected chi connectivity index (χ0v) is 11.4. The van der Waals surface area contributed by atoms with Crippen molar-refractivity contribution in [3.63, 3.8) is 0 Å². The van der Waals surface area contributed by atoms with Gasteiger partial charge < -0.3 is 10.6 Å². The van der Waals surface area contributed by atoms with Crippen LogP contribution in [0.3, 0.4) is 0 Å². The summed E-state index contributed by atoms with van der Waals surface area (Å²) >= 11 is 3.33. The molecule has 1 atom stereocenters. The Labute approximate surface area is 105 Å². The van der Waals surface area contributed by atoms with Crippen molar-refractivity contribution in [2.45, 2.75) is 26.3 Å². The first-order valence-corrected chi connectivity index (χ1v) is 6.08. The molecule has 0 saturated heterocycles. The summed E-state index contributed by atoms with van der Waals surface area (Å²) in [7, 11) is 1.81. The fourth-order valence-corrected chi connectivity index (χ4v) is 1.92. The van der Waals surface area contributed by atoms with Crippen molar-refractivity contribution in [1.82, 2.24) is 4.90 Å². The van der Waals surface area contributed by atoms with E-state index in [1.54, 1.807) is 23.1 Å². The van der Waals surface area contributed by atoms with Gasteiger partial charge in [-0.2, -0.15) is 0 Å². The Morgan fingerprint density at radius 3 is 2.62 bits per heavy atom. The molecule has 0 spiro atoms. The third-order valence-corrected chi connectivity index (χ3v) is 3.20. The van der Waals surface area contributed by atoms with Crippen molar-refractivity contribution < 1.29 is 4.79 Å². The fourth-order valence-electron chi connectivity index (χ4n) is 1.41. The lowest BCUT2D eigenvalue weighted by Crippen LogP contribution is -2.34. The topological polar surface area (TPSA) is 46.3 Å².